The number of likely N-dealkylation sites (tertiary alicyclic amines) is 1. The maximum atomic E-state index is 12.2. The van der Waals surface area contributed by atoms with Crippen LogP contribution in [0.15, 0.2) is 0 Å². The standard InChI is InChI=1S/C16H28N2O3/c1-2-5-13(15(19)20)10-17-16(21)18-9-8-12-6-3-4-7-14(12)11-18/h12-14H,2-11H2,1H3,(H,17,21)(H,19,20). The lowest BCUT2D eigenvalue weighted by Crippen LogP contribution is -2.49. The first-order valence-corrected chi connectivity index (χ1v) is 8.37. The van der Waals surface area contributed by atoms with Crippen molar-refractivity contribution < 1.29 is 14.7 Å². The van der Waals surface area contributed by atoms with Crippen molar-refractivity contribution in [1.82, 2.24) is 10.2 Å². The summed E-state index contributed by atoms with van der Waals surface area (Å²) >= 11 is 0. The van der Waals surface area contributed by atoms with Gasteiger partial charge < -0.3 is 15.3 Å². The highest BCUT2D eigenvalue weighted by Gasteiger charge is 2.33. The van der Waals surface area contributed by atoms with Crippen molar-refractivity contribution in [2.24, 2.45) is 17.8 Å². The molecule has 0 aromatic rings. The molecule has 0 spiro atoms. The lowest BCUT2D eigenvalue weighted by atomic mass is 9.75. The Balaban J connectivity index is 1.79. The molecule has 2 N–H and O–H groups in total. The smallest absolute Gasteiger partial charge is 0.317 e. The molecule has 2 amide bonds. The quantitative estimate of drug-likeness (QED) is 0.819. The van der Waals surface area contributed by atoms with Crippen molar-refractivity contribution in [1.29, 1.82) is 0 Å². The fraction of sp³-hybridized carbons (Fsp3) is 0.875. The van der Waals surface area contributed by atoms with Gasteiger partial charge >= 0.3 is 12.0 Å². The van der Waals surface area contributed by atoms with Gasteiger partial charge in [0, 0.05) is 19.6 Å². The molecular formula is C16H28N2O3. The predicted molar refractivity (Wildman–Crippen MR) is 81.1 cm³/mol. The number of aliphatic carboxylic acids is 1. The van der Waals surface area contributed by atoms with Crippen molar-refractivity contribution >= 4 is 12.0 Å². The van der Waals surface area contributed by atoms with E-state index in [4.69, 9.17) is 5.11 Å². The topological polar surface area (TPSA) is 69.6 Å². The van der Waals surface area contributed by atoms with Gasteiger partial charge in [0.25, 0.3) is 0 Å². The summed E-state index contributed by atoms with van der Waals surface area (Å²) < 4.78 is 0. The minimum Gasteiger partial charge on any atom is -0.481 e. The Morgan fingerprint density at radius 1 is 1.24 bits per heavy atom. The largest absolute Gasteiger partial charge is 0.481 e. The SMILES string of the molecule is CCCC(CNC(=O)N1CCC2CCCCC2C1)C(=O)O. The minimum absolute atomic E-state index is 0.0821. The van der Waals surface area contributed by atoms with E-state index in [-0.39, 0.29) is 12.6 Å². The third-order valence-electron chi connectivity index (χ3n) is 5.06. The Morgan fingerprint density at radius 3 is 2.62 bits per heavy atom. The van der Waals surface area contributed by atoms with Gasteiger partial charge in [0.15, 0.2) is 0 Å². The van der Waals surface area contributed by atoms with Crippen LogP contribution < -0.4 is 5.32 Å². The number of carboxylic acids is 1. The molecule has 0 radical (unpaired) electrons. The Kier molecular flexibility index (Phi) is 5.88. The average molecular weight is 296 g/mol. The molecule has 5 nitrogen and oxygen atoms in total. The van der Waals surface area contributed by atoms with Gasteiger partial charge in [0.05, 0.1) is 5.92 Å². The molecule has 1 saturated carbocycles. The molecule has 1 heterocycles. The van der Waals surface area contributed by atoms with E-state index < -0.39 is 11.9 Å². The number of hydrogen-bond acceptors (Lipinski definition) is 2. The van der Waals surface area contributed by atoms with E-state index in [0.29, 0.717) is 12.3 Å². The lowest BCUT2D eigenvalue weighted by molar-refractivity contribution is -0.141. The van der Waals surface area contributed by atoms with E-state index in [0.717, 1.165) is 31.8 Å². The van der Waals surface area contributed by atoms with Crippen LogP contribution in [0.25, 0.3) is 0 Å². The molecule has 2 aliphatic rings. The van der Waals surface area contributed by atoms with Crippen molar-refractivity contribution in [3.63, 3.8) is 0 Å². The van der Waals surface area contributed by atoms with E-state index >= 15 is 0 Å². The monoisotopic (exact) mass is 296 g/mol. The van der Waals surface area contributed by atoms with E-state index in [1.54, 1.807) is 0 Å². The Bertz CT molecular complexity index is 373. The first-order chi connectivity index (χ1) is 10.1. The Morgan fingerprint density at radius 2 is 1.95 bits per heavy atom. The molecule has 1 aliphatic carbocycles. The summed E-state index contributed by atoms with van der Waals surface area (Å²) in [6, 6.07) is -0.0821. The van der Waals surface area contributed by atoms with E-state index in [9.17, 15) is 9.59 Å². The van der Waals surface area contributed by atoms with Crippen LogP contribution in [-0.4, -0.2) is 41.6 Å². The van der Waals surface area contributed by atoms with Crippen LogP contribution >= 0.6 is 0 Å². The summed E-state index contributed by atoms with van der Waals surface area (Å²) in [6.45, 7) is 3.87. The molecule has 1 saturated heterocycles. The first kappa shape index (κ1) is 16.1. The Hall–Kier alpha value is -1.26. The van der Waals surface area contributed by atoms with E-state index in [1.165, 1.54) is 25.7 Å². The fourth-order valence-electron chi connectivity index (χ4n) is 3.77. The van der Waals surface area contributed by atoms with E-state index in [2.05, 4.69) is 5.32 Å². The number of carbonyl (C=O) groups is 2. The van der Waals surface area contributed by atoms with Gasteiger partial charge in [-0.3, -0.25) is 4.79 Å². The van der Waals surface area contributed by atoms with Crippen LogP contribution in [0.3, 0.4) is 0 Å². The molecule has 2 fully saturated rings. The maximum absolute atomic E-state index is 12.2. The highest BCUT2D eigenvalue weighted by Crippen LogP contribution is 2.35. The van der Waals surface area contributed by atoms with Gasteiger partial charge in [0.1, 0.15) is 0 Å². The molecule has 0 aromatic carbocycles. The number of urea groups is 1. The second-order valence-electron chi connectivity index (χ2n) is 6.55. The number of rotatable bonds is 5. The summed E-state index contributed by atoms with van der Waals surface area (Å²) in [7, 11) is 0. The molecule has 5 heteroatoms. The first-order valence-electron chi connectivity index (χ1n) is 8.37. The fourth-order valence-corrected chi connectivity index (χ4v) is 3.77. The van der Waals surface area contributed by atoms with Crippen molar-refractivity contribution in [3.8, 4) is 0 Å². The van der Waals surface area contributed by atoms with Crippen LogP contribution in [0.4, 0.5) is 4.79 Å². The summed E-state index contributed by atoms with van der Waals surface area (Å²) in [5.74, 6) is 0.174. The Labute approximate surface area is 127 Å². The predicted octanol–water partition coefficient (Wildman–Crippen LogP) is 2.71. The van der Waals surface area contributed by atoms with Gasteiger partial charge in [0.2, 0.25) is 0 Å². The number of amides is 2. The van der Waals surface area contributed by atoms with Gasteiger partial charge in [-0.15, -0.1) is 0 Å². The zero-order valence-corrected chi connectivity index (χ0v) is 13.0. The summed E-state index contributed by atoms with van der Waals surface area (Å²) in [6.07, 6.45) is 7.72. The van der Waals surface area contributed by atoms with E-state index in [1.807, 2.05) is 11.8 Å². The molecule has 0 bridgehead atoms. The molecule has 3 unspecified atom stereocenters. The number of carboxylic acid groups (broad SMARTS) is 1. The zero-order chi connectivity index (χ0) is 15.2. The van der Waals surface area contributed by atoms with Crippen LogP contribution in [0.5, 0.6) is 0 Å². The van der Waals surface area contributed by atoms with Gasteiger partial charge in [-0.05, 0) is 31.1 Å². The molecule has 3 atom stereocenters. The number of piperidine rings is 1. The lowest BCUT2D eigenvalue weighted by Gasteiger charge is -2.41. The second kappa shape index (κ2) is 7.66. The van der Waals surface area contributed by atoms with Gasteiger partial charge in [-0.1, -0.05) is 32.6 Å². The van der Waals surface area contributed by atoms with Crippen LogP contribution in [-0.2, 0) is 4.79 Å². The average Bonchev–Trinajstić information content (AvgIpc) is 2.50. The minimum atomic E-state index is -0.817. The van der Waals surface area contributed by atoms with Crippen LogP contribution in [0, 0.1) is 17.8 Å². The van der Waals surface area contributed by atoms with Crippen LogP contribution in [0.1, 0.15) is 51.9 Å². The van der Waals surface area contributed by atoms with Crippen molar-refractivity contribution in [2.75, 3.05) is 19.6 Å². The highest BCUT2D eigenvalue weighted by atomic mass is 16.4. The molecular weight excluding hydrogens is 268 g/mol. The normalized spacial score (nSPS) is 26.8. The van der Waals surface area contributed by atoms with Crippen molar-refractivity contribution in [3.05, 3.63) is 0 Å². The molecule has 21 heavy (non-hydrogen) atoms. The number of nitrogens with zero attached hydrogens (tertiary/aromatic N) is 1. The molecule has 0 aromatic heterocycles. The zero-order valence-electron chi connectivity index (χ0n) is 13.0. The number of nitrogens with one attached hydrogen (secondary N) is 1. The number of fused-ring (bicyclic) bond motifs is 1. The van der Waals surface area contributed by atoms with Gasteiger partial charge in [-0.2, -0.15) is 0 Å². The second-order valence-corrected chi connectivity index (χ2v) is 6.55. The van der Waals surface area contributed by atoms with Gasteiger partial charge in [-0.25, -0.2) is 4.79 Å². The number of hydrogen-bond donors (Lipinski definition) is 2. The third kappa shape index (κ3) is 4.35. The summed E-state index contributed by atoms with van der Waals surface area (Å²) in [5.41, 5.74) is 0. The molecule has 120 valence electrons. The molecule has 1 aliphatic heterocycles. The summed E-state index contributed by atoms with van der Waals surface area (Å²) in [5, 5.41) is 11.9. The number of carbonyl (C=O) groups excluding carboxylic acids is 1. The molecule has 2 rings (SSSR count). The van der Waals surface area contributed by atoms with Crippen LogP contribution in [0.2, 0.25) is 0 Å². The third-order valence-corrected chi connectivity index (χ3v) is 5.06. The maximum Gasteiger partial charge on any atom is 0.317 e. The summed E-state index contributed by atoms with van der Waals surface area (Å²) in [4.78, 5) is 25.2. The highest BCUT2D eigenvalue weighted by molar-refractivity contribution is 5.76. The van der Waals surface area contributed by atoms with Crippen molar-refractivity contribution in [2.45, 2.75) is 51.9 Å².